The number of hydrogen-bond acceptors (Lipinski definition) is 4. The maximum absolute atomic E-state index is 12.5. The number of hydrogen-bond donors (Lipinski definition) is 2. The number of carboxylic acid groups (broad SMARTS) is 1. The van der Waals surface area contributed by atoms with Crippen molar-refractivity contribution in [3.8, 4) is 0 Å². The van der Waals surface area contributed by atoms with Gasteiger partial charge in [0.25, 0.3) is 0 Å². The van der Waals surface area contributed by atoms with Gasteiger partial charge in [-0.15, -0.1) is 6.58 Å². The minimum absolute atomic E-state index is 0.143. The third kappa shape index (κ3) is 5.86. The molecule has 3 aromatic carbocycles. The Morgan fingerprint density at radius 3 is 2.23 bits per heavy atom. The zero-order chi connectivity index (χ0) is 22.2. The summed E-state index contributed by atoms with van der Waals surface area (Å²) in [7, 11) is 0. The highest BCUT2D eigenvalue weighted by Crippen LogP contribution is 2.31. The van der Waals surface area contributed by atoms with Crippen LogP contribution in [-0.4, -0.2) is 17.0 Å². The first-order valence-corrected chi connectivity index (χ1v) is 10.5. The van der Waals surface area contributed by atoms with Crippen molar-refractivity contribution >= 4 is 24.6 Å². The van der Waals surface area contributed by atoms with E-state index in [1.54, 1.807) is 30.3 Å². The van der Waals surface area contributed by atoms with Crippen molar-refractivity contribution in [2.45, 2.75) is 24.2 Å². The second-order valence-corrected chi connectivity index (χ2v) is 7.64. The topological polar surface area (TPSA) is 63.6 Å². The molecule has 0 bridgehead atoms. The first kappa shape index (κ1) is 22.4. The van der Waals surface area contributed by atoms with Gasteiger partial charge in [-0.3, -0.25) is 4.79 Å². The average molecular weight is 433 g/mol. The number of carbonyl (C=O) groups is 2. The Hall–Kier alpha value is -3.31. The van der Waals surface area contributed by atoms with E-state index in [1.165, 1.54) is 0 Å². The average Bonchev–Trinajstić information content (AvgIpc) is 2.79. The first-order chi connectivity index (χ1) is 15.0. The van der Waals surface area contributed by atoms with Crippen molar-refractivity contribution in [3.63, 3.8) is 0 Å². The SMILES string of the molecule is C=CCC(OC(=O)Cc1ccc(C(S)c2ccccc2C(=O)O)cc1)c1ccccc1. The molecule has 0 aromatic heterocycles. The molecule has 0 heterocycles. The first-order valence-electron chi connectivity index (χ1n) is 9.94. The molecular weight excluding hydrogens is 408 g/mol. The van der Waals surface area contributed by atoms with E-state index >= 15 is 0 Å². The molecule has 0 aliphatic rings. The Kier molecular flexibility index (Phi) is 7.68. The number of benzene rings is 3. The Bertz CT molecular complexity index is 1040. The summed E-state index contributed by atoms with van der Waals surface area (Å²) < 4.78 is 5.68. The van der Waals surface area contributed by atoms with Gasteiger partial charge in [0.1, 0.15) is 6.10 Å². The smallest absolute Gasteiger partial charge is 0.336 e. The Labute approximate surface area is 187 Å². The molecule has 0 saturated heterocycles. The summed E-state index contributed by atoms with van der Waals surface area (Å²) in [5, 5.41) is 9.02. The van der Waals surface area contributed by atoms with Crippen LogP contribution < -0.4 is 0 Å². The lowest BCUT2D eigenvalue weighted by atomic mass is 9.98. The van der Waals surface area contributed by atoms with E-state index in [1.807, 2.05) is 54.6 Å². The highest BCUT2D eigenvalue weighted by Gasteiger charge is 2.18. The zero-order valence-electron chi connectivity index (χ0n) is 17.0. The maximum Gasteiger partial charge on any atom is 0.336 e. The van der Waals surface area contributed by atoms with E-state index in [0.717, 1.165) is 16.7 Å². The summed E-state index contributed by atoms with van der Waals surface area (Å²) in [6.07, 6.45) is 2.06. The van der Waals surface area contributed by atoms with Gasteiger partial charge in [-0.05, 0) is 28.3 Å². The second kappa shape index (κ2) is 10.6. The molecule has 158 valence electrons. The number of carboxylic acids is 1. The maximum atomic E-state index is 12.5. The molecular formula is C26H24O4S. The normalized spacial score (nSPS) is 12.5. The third-order valence-electron chi connectivity index (χ3n) is 4.96. The van der Waals surface area contributed by atoms with Gasteiger partial charge >= 0.3 is 11.9 Å². The van der Waals surface area contributed by atoms with Crippen molar-refractivity contribution in [2.75, 3.05) is 0 Å². The fraction of sp³-hybridized carbons (Fsp3) is 0.154. The quantitative estimate of drug-likeness (QED) is 0.255. The molecule has 0 saturated carbocycles. The number of ether oxygens (including phenoxy) is 1. The van der Waals surface area contributed by atoms with Gasteiger partial charge in [-0.1, -0.05) is 78.9 Å². The van der Waals surface area contributed by atoms with E-state index < -0.39 is 5.97 Å². The zero-order valence-corrected chi connectivity index (χ0v) is 17.9. The molecule has 5 heteroatoms. The van der Waals surface area contributed by atoms with E-state index in [4.69, 9.17) is 4.74 Å². The van der Waals surface area contributed by atoms with E-state index in [2.05, 4.69) is 19.2 Å². The largest absolute Gasteiger partial charge is 0.478 e. The summed E-state index contributed by atoms with van der Waals surface area (Å²) in [6.45, 7) is 3.75. The predicted molar refractivity (Wildman–Crippen MR) is 124 cm³/mol. The summed E-state index contributed by atoms with van der Waals surface area (Å²) in [5.74, 6) is -1.30. The van der Waals surface area contributed by atoms with Crippen molar-refractivity contribution in [1.29, 1.82) is 0 Å². The summed E-state index contributed by atoms with van der Waals surface area (Å²) in [4.78, 5) is 24.0. The van der Waals surface area contributed by atoms with Crippen molar-refractivity contribution in [2.24, 2.45) is 0 Å². The van der Waals surface area contributed by atoms with Gasteiger partial charge in [-0.2, -0.15) is 12.6 Å². The van der Waals surface area contributed by atoms with Crippen LogP contribution in [0.3, 0.4) is 0 Å². The monoisotopic (exact) mass is 432 g/mol. The Balaban J connectivity index is 1.68. The molecule has 2 atom stereocenters. The molecule has 0 amide bonds. The van der Waals surface area contributed by atoms with Crippen molar-refractivity contribution < 1.29 is 19.4 Å². The molecule has 2 unspecified atom stereocenters. The fourth-order valence-corrected chi connectivity index (χ4v) is 3.76. The number of thiol groups is 1. The Morgan fingerprint density at radius 1 is 0.935 bits per heavy atom. The minimum atomic E-state index is -0.985. The van der Waals surface area contributed by atoms with Crippen LogP contribution in [0.1, 0.15) is 50.4 Å². The van der Waals surface area contributed by atoms with Crippen LogP contribution in [-0.2, 0) is 16.0 Å². The van der Waals surface area contributed by atoms with Crippen LogP contribution in [0.5, 0.6) is 0 Å². The molecule has 4 nitrogen and oxygen atoms in total. The molecule has 3 aromatic rings. The lowest BCUT2D eigenvalue weighted by Crippen LogP contribution is -2.13. The van der Waals surface area contributed by atoms with Crippen LogP contribution >= 0.6 is 12.6 Å². The minimum Gasteiger partial charge on any atom is -0.478 e. The Morgan fingerprint density at radius 2 is 1.58 bits per heavy atom. The molecule has 1 N–H and O–H groups in total. The van der Waals surface area contributed by atoms with Gasteiger partial charge in [-0.25, -0.2) is 4.79 Å². The molecule has 0 aliphatic carbocycles. The van der Waals surface area contributed by atoms with E-state index in [0.29, 0.717) is 12.0 Å². The highest BCUT2D eigenvalue weighted by molar-refractivity contribution is 7.80. The lowest BCUT2D eigenvalue weighted by Gasteiger charge is -2.17. The van der Waals surface area contributed by atoms with Crippen LogP contribution in [0.25, 0.3) is 0 Å². The van der Waals surface area contributed by atoms with Gasteiger partial charge in [0, 0.05) is 6.42 Å². The van der Waals surface area contributed by atoms with Gasteiger partial charge < -0.3 is 9.84 Å². The highest BCUT2D eigenvalue weighted by atomic mass is 32.1. The second-order valence-electron chi connectivity index (χ2n) is 7.13. The summed E-state index contributed by atoms with van der Waals surface area (Å²) in [6, 6.07) is 23.8. The lowest BCUT2D eigenvalue weighted by molar-refractivity contribution is -0.148. The number of carbonyl (C=O) groups excluding carboxylic acids is 1. The van der Waals surface area contributed by atoms with Crippen LogP contribution in [0.2, 0.25) is 0 Å². The molecule has 0 fully saturated rings. The molecule has 31 heavy (non-hydrogen) atoms. The molecule has 0 radical (unpaired) electrons. The molecule has 3 rings (SSSR count). The predicted octanol–water partition coefficient (Wildman–Crippen LogP) is 5.81. The summed E-state index contributed by atoms with van der Waals surface area (Å²) in [5.41, 5.74) is 3.44. The van der Waals surface area contributed by atoms with Crippen molar-refractivity contribution in [3.05, 3.63) is 119 Å². The molecule has 0 spiro atoms. The molecule has 0 aliphatic heterocycles. The van der Waals surface area contributed by atoms with Crippen LogP contribution in [0.15, 0.2) is 91.5 Å². The van der Waals surface area contributed by atoms with E-state index in [-0.39, 0.29) is 29.3 Å². The fourth-order valence-electron chi connectivity index (χ4n) is 3.37. The summed E-state index contributed by atoms with van der Waals surface area (Å²) >= 11 is 4.62. The van der Waals surface area contributed by atoms with E-state index in [9.17, 15) is 14.7 Å². The van der Waals surface area contributed by atoms with Crippen molar-refractivity contribution in [1.82, 2.24) is 0 Å². The van der Waals surface area contributed by atoms with Gasteiger partial charge in [0.2, 0.25) is 0 Å². The van der Waals surface area contributed by atoms with Crippen LogP contribution in [0, 0.1) is 0 Å². The standard InChI is InChI=1S/C26H24O4S/c1-2-8-23(19-9-4-3-5-10-19)30-24(27)17-18-13-15-20(16-14-18)25(31)21-11-6-7-12-22(21)26(28)29/h2-7,9-16,23,25,31H,1,8,17H2,(H,28,29). The number of rotatable bonds is 9. The number of esters is 1. The van der Waals surface area contributed by atoms with Crippen LogP contribution in [0.4, 0.5) is 0 Å². The van der Waals surface area contributed by atoms with Gasteiger partial charge in [0.05, 0.1) is 17.2 Å². The third-order valence-corrected chi connectivity index (χ3v) is 5.53. The van der Waals surface area contributed by atoms with Gasteiger partial charge in [0.15, 0.2) is 0 Å². The number of aromatic carboxylic acids is 1.